The minimum Gasteiger partial charge on any atom is -0.201 e. The third-order valence-electron chi connectivity index (χ3n) is 7.58. The van der Waals surface area contributed by atoms with E-state index in [1.807, 2.05) is 12.1 Å². The lowest BCUT2D eigenvalue weighted by Crippen LogP contribution is -2.57. The SMILES string of the molecule is [2H]C([2H])c1ccc[n+](C)c1-c1c(C)ccc2c1[Si](C)(C1CCCCC1)c1ccccc1-2. The Bertz CT molecular complexity index is 1150. The topological polar surface area (TPSA) is 3.88 Å². The molecule has 1 aliphatic carbocycles. The normalized spacial score (nSPS) is 22.2. The summed E-state index contributed by atoms with van der Waals surface area (Å²) in [5.41, 5.74) is 8.01. The molecule has 2 heterocycles. The molecule has 0 spiro atoms. The maximum absolute atomic E-state index is 8.26. The Morgan fingerprint density at radius 3 is 2.52 bits per heavy atom. The molecular formula is C27H32NSi+. The molecule has 5 rings (SSSR count). The van der Waals surface area contributed by atoms with Crippen molar-refractivity contribution < 1.29 is 7.31 Å². The van der Waals surface area contributed by atoms with E-state index in [4.69, 9.17) is 2.74 Å². The summed E-state index contributed by atoms with van der Waals surface area (Å²) in [5, 5.41) is 3.15. The highest BCUT2D eigenvalue weighted by atomic mass is 28.3. The summed E-state index contributed by atoms with van der Waals surface area (Å²) >= 11 is 0. The van der Waals surface area contributed by atoms with Crippen LogP contribution in [0.1, 0.15) is 46.0 Å². The molecule has 1 saturated carbocycles. The lowest BCUT2D eigenvalue weighted by molar-refractivity contribution is -0.660. The van der Waals surface area contributed by atoms with Crippen LogP contribution in [0.25, 0.3) is 22.4 Å². The Hall–Kier alpha value is -2.19. The van der Waals surface area contributed by atoms with E-state index in [2.05, 4.69) is 67.7 Å². The zero-order chi connectivity index (χ0) is 21.8. The second-order valence-corrected chi connectivity index (χ2v) is 13.4. The predicted molar refractivity (Wildman–Crippen MR) is 126 cm³/mol. The average Bonchev–Trinajstić information content (AvgIpc) is 3.04. The molecule has 29 heavy (non-hydrogen) atoms. The minimum atomic E-state index is -2.00. The molecule has 1 atom stereocenters. The van der Waals surface area contributed by atoms with E-state index in [9.17, 15) is 0 Å². The summed E-state index contributed by atoms with van der Waals surface area (Å²) in [4.78, 5) is 0. The molecule has 0 bridgehead atoms. The first-order valence-corrected chi connectivity index (χ1v) is 13.6. The highest BCUT2D eigenvalue weighted by molar-refractivity contribution is 7.06. The number of pyridine rings is 1. The molecule has 0 N–H and O–H groups in total. The summed E-state index contributed by atoms with van der Waals surface area (Å²) in [5.74, 6) is 0. The molecule has 0 radical (unpaired) electrons. The van der Waals surface area contributed by atoms with Crippen molar-refractivity contribution >= 4 is 18.4 Å². The van der Waals surface area contributed by atoms with Gasteiger partial charge in [-0.2, -0.15) is 0 Å². The Labute approximate surface area is 179 Å². The van der Waals surface area contributed by atoms with E-state index in [1.165, 1.54) is 54.4 Å². The summed E-state index contributed by atoms with van der Waals surface area (Å²) < 4.78 is 18.7. The van der Waals surface area contributed by atoms with Gasteiger partial charge in [0.1, 0.15) is 15.1 Å². The second kappa shape index (κ2) is 6.95. The van der Waals surface area contributed by atoms with Crippen LogP contribution in [0, 0.1) is 13.8 Å². The van der Waals surface area contributed by atoms with Gasteiger partial charge in [0.05, 0.1) is 0 Å². The molecule has 3 aromatic rings. The van der Waals surface area contributed by atoms with Crippen LogP contribution in [0.2, 0.25) is 12.1 Å². The van der Waals surface area contributed by atoms with Crippen LogP contribution in [0.15, 0.2) is 54.7 Å². The van der Waals surface area contributed by atoms with E-state index in [-0.39, 0.29) is 0 Å². The van der Waals surface area contributed by atoms with Gasteiger partial charge >= 0.3 is 0 Å². The van der Waals surface area contributed by atoms with Gasteiger partial charge in [-0.05, 0) is 52.5 Å². The number of hydrogen-bond donors (Lipinski definition) is 0. The van der Waals surface area contributed by atoms with Crippen molar-refractivity contribution in [1.29, 1.82) is 0 Å². The summed E-state index contributed by atoms with van der Waals surface area (Å²) in [7, 11) is 0.0692. The fourth-order valence-electron chi connectivity index (χ4n) is 6.14. The first-order chi connectivity index (χ1) is 14.9. The Balaban J connectivity index is 1.87. The lowest BCUT2D eigenvalue weighted by Gasteiger charge is -2.38. The van der Waals surface area contributed by atoms with Crippen molar-refractivity contribution in [3.05, 3.63) is 65.9 Å². The van der Waals surface area contributed by atoms with Gasteiger partial charge < -0.3 is 0 Å². The lowest BCUT2D eigenvalue weighted by atomic mass is 9.95. The first-order valence-electron chi connectivity index (χ1n) is 12.2. The molecule has 1 nitrogen and oxygen atoms in total. The van der Waals surface area contributed by atoms with Crippen LogP contribution in [0.4, 0.5) is 0 Å². The molecule has 1 aromatic heterocycles. The quantitative estimate of drug-likeness (QED) is 0.406. The van der Waals surface area contributed by atoms with E-state index in [0.29, 0.717) is 0 Å². The standard InChI is InChI=1S/C27H32NSi/c1-19-16-17-23-22-14-8-9-15-24(22)29(4,21-12-6-5-7-13-21)27(23)25(19)26-20(2)11-10-18-28(26)3/h8-11,14-18,21H,5-7,12-13H2,1-4H3/q+1/i2D2. The van der Waals surface area contributed by atoms with Gasteiger partial charge in [-0.3, -0.25) is 0 Å². The van der Waals surface area contributed by atoms with Gasteiger partial charge in [0.25, 0.3) is 0 Å². The molecule has 148 valence electrons. The zero-order valence-electron chi connectivity index (χ0n) is 19.8. The number of fused-ring (bicyclic) bond motifs is 3. The average molecular weight is 401 g/mol. The van der Waals surface area contributed by atoms with E-state index in [1.54, 1.807) is 10.4 Å². The molecule has 2 heteroatoms. The van der Waals surface area contributed by atoms with Gasteiger partial charge in [-0.1, -0.05) is 75.0 Å². The van der Waals surface area contributed by atoms with Crippen molar-refractivity contribution in [3.63, 3.8) is 0 Å². The van der Waals surface area contributed by atoms with Crippen molar-refractivity contribution in [1.82, 2.24) is 0 Å². The number of benzene rings is 2. The monoisotopic (exact) mass is 400 g/mol. The number of aryl methyl sites for hydroxylation is 3. The predicted octanol–water partition coefficient (Wildman–Crippen LogP) is 5.30. The van der Waals surface area contributed by atoms with Crippen LogP contribution in [-0.4, -0.2) is 8.07 Å². The van der Waals surface area contributed by atoms with Crippen LogP contribution >= 0.6 is 0 Å². The van der Waals surface area contributed by atoms with Gasteiger partial charge in [0.2, 0.25) is 5.69 Å². The number of nitrogens with zero attached hydrogens (tertiary/aromatic N) is 1. The van der Waals surface area contributed by atoms with Crippen molar-refractivity contribution in [2.45, 2.75) is 58.0 Å². The number of rotatable bonds is 2. The van der Waals surface area contributed by atoms with Gasteiger partial charge in [-0.25, -0.2) is 4.57 Å². The van der Waals surface area contributed by atoms with E-state index < -0.39 is 14.9 Å². The highest BCUT2D eigenvalue weighted by Crippen LogP contribution is 2.44. The summed E-state index contributed by atoms with van der Waals surface area (Å²) in [6.07, 6.45) is 8.79. The molecule has 1 unspecified atom stereocenters. The Morgan fingerprint density at radius 2 is 1.72 bits per heavy atom. The second-order valence-electron chi connectivity index (χ2n) is 9.19. The molecule has 2 aromatic carbocycles. The summed E-state index contributed by atoms with van der Waals surface area (Å²) in [6, 6.07) is 17.7. The van der Waals surface area contributed by atoms with Crippen LogP contribution in [0.3, 0.4) is 0 Å². The van der Waals surface area contributed by atoms with Crippen LogP contribution in [-0.2, 0) is 7.05 Å². The van der Waals surface area contributed by atoms with Crippen LogP contribution in [0.5, 0.6) is 0 Å². The van der Waals surface area contributed by atoms with Crippen LogP contribution < -0.4 is 14.9 Å². The molecule has 0 amide bonds. The van der Waals surface area contributed by atoms with E-state index in [0.717, 1.165) is 16.8 Å². The fraction of sp³-hybridized carbons (Fsp3) is 0.370. The van der Waals surface area contributed by atoms with Gasteiger partial charge in [-0.15, -0.1) is 0 Å². The fourth-order valence-corrected chi connectivity index (χ4v) is 11.7. The van der Waals surface area contributed by atoms with E-state index >= 15 is 0 Å². The minimum absolute atomic E-state index is 0.754. The molecule has 1 aliphatic heterocycles. The summed E-state index contributed by atoms with van der Waals surface area (Å²) in [6.45, 7) is 3.83. The van der Waals surface area contributed by atoms with Gasteiger partial charge in [0.15, 0.2) is 6.20 Å². The third-order valence-corrected chi connectivity index (χ3v) is 12.9. The maximum atomic E-state index is 8.26. The zero-order valence-corrected chi connectivity index (χ0v) is 18.8. The van der Waals surface area contributed by atoms with Crippen molar-refractivity contribution in [3.8, 4) is 22.4 Å². The highest BCUT2D eigenvalue weighted by Gasteiger charge is 2.49. The first kappa shape index (κ1) is 16.6. The van der Waals surface area contributed by atoms with Crippen molar-refractivity contribution in [2.24, 2.45) is 7.05 Å². The maximum Gasteiger partial charge on any atom is 0.215 e. The molecule has 0 saturated heterocycles. The Morgan fingerprint density at radius 1 is 0.931 bits per heavy atom. The molecule has 2 aliphatic rings. The molecular weight excluding hydrogens is 366 g/mol. The number of hydrogen-bond acceptors (Lipinski definition) is 0. The largest absolute Gasteiger partial charge is 0.215 e. The van der Waals surface area contributed by atoms with Crippen molar-refractivity contribution in [2.75, 3.05) is 0 Å². The number of aromatic nitrogens is 1. The third kappa shape index (κ3) is 2.69. The Kier molecular flexibility index (Phi) is 3.97. The van der Waals surface area contributed by atoms with Gasteiger partial charge in [0, 0.05) is 19.9 Å². The smallest absolute Gasteiger partial charge is 0.201 e. The molecule has 1 fully saturated rings.